The fraction of sp³-hybridized carbons (Fsp3) is 0.625. The van der Waals surface area contributed by atoms with E-state index in [4.69, 9.17) is 4.74 Å². The lowest BCUT2D eigenvalue weighted by molar-refractivity contribution is -0.0971. The summed E-state index contributed by atoms with van der Waals surface area (Å²) in [5.74, 6) is 0. The molecule has 19 heavy (non-hydrogen) atoms. The van der Waals surface area contributed by atoms with Crippen LogP contribution in [0, 0.1) is 5.41 Å². The van der Waals surface area contributed by atoms with E-state index in [1.165, 1.54) is 16.9 Å². The Morgan fingerprint density at radius 1 is 1.37 bits per heavy atom. The molecule has 2 nitrogen and oxygen atoms in total. The molecule has 2 aliphatic rings. The van der Waals surface area contributed by atoms with E-state index in [9.17, 15) is 0 Å². The third-order valence-corrected chi connectivity index (χ3v) is 6.09. The predicted octanol–water partition coefficient (Wildman–Crippen LogP) is 3.11. The molecule has 1 N–H and O–H groups in total. The van der Waals surface area contributed by atoms with E-state index in [1.54, 1.807) is 0 Å². The Labute approximate surface area is 120 Å². The minimum Gasteiger partial charge on any atom is -0.381 e. The van der Waals surface area contributed by atoms with Crippen molar-refractivity contribution in [1.82, 2.24) is 5.32 Å². The fourth-order valence-electron chi connectivity index (χ4n) is 3.27. The van der Waals surface area contributed by atoms with Crippen LogP contribution in [-0.4, -0.2) is 31.1 Å². The van der Waals surface area contributed by atoms with Gasteiger partial charge in [-0.25, -0.2) is 0 Å². The number of ether oxygens (including phenoxy) is 1. The number of hydrogen-bond donors (Lipinski definition) is 1. The molecule has 104 valence electrons. The van der Waals surface area contributed by atoms with E-state index >= 15 is 0 Å². The molecule has 1 fully saturated rings. The zero-order valence-corrected chi connectivity index (χ0v) is 12.8. The molecule has 1 aromatic carbocycles. The lowest BCUT2D eigenvalue weighted by Crippen LogP contribution is -2.61. The number of nitrogens with one attached hydrogen (secondary N) is 1. The molecular formula is C16H23NOS. The first kappa shape index (κ1) is 13.5. The van der Waals surface area contributed by atoms with Gasteiger partial charge in [0, 0.05) is 35.3 Å². The van der Waals surface area contributed by atoms with Gasteiger partial charge in [-0.05, 0) is 24.5 Å². The van der Waals surface area contributed by atoms with Crippen molar-refractivity contribution in [2.45, 2.75) is 49.0 Å². The Morgan fingerprint density at radius 3 is 2.84 bits per heavy atom. The third kappa shape index (κ3) is 2.44. The van der Waals surface area contributed by atoms with Gasteiger partial charge in [0.1, 0.15) is 0 Å². The summed E-state index contributed by atoms with van der Waals surface area (Å²) in [4.78, 5) is 1.47. The molecule has 1 heterocycles. The molecule has 1 saturated carbocycles. The smallest absolute Gasteiger partial charge is 0.0652 e. The summed E-state index contributed by atoms with van der Waals surface area (Å²) in [6.07, 6.45) is 2.76. The number of hydrogen-bond acceptors (Lipinski definition) is 3. The lowest BCUT2D eigenvalue weighted by atomic mass is 9.64. The minimum atomic E-state index is 0.269. The summed E-state index contributed by atoms with van der Waals surface area (Å²) in [5.41, 5.74) is 1.78. The van der Waals surface area contributed by atoms with Crippen LogP contribution >= 0.6 is 11.8 Å². The van der Waals surface area contributed by atoms with Crippen molar-refractivity contribution in [2.75, 3.05) is 13.7 Å². The lowest BCUT2D eigenvalue weighted by Gasteiger charge is -2.51. The van der Waals surface area contributed by atoms with E-state index in [0.717, 1.165) is 13.0 Å². The second-order valence-electron chi connectivity index (χ2n) is 6.29. The van der Waals surface area contributed by atoms with Crippen LogP contribution in [0.25, 0.3) is 0 Å². The molecule has 3 atom stereocenters. The average Bonchev–Trinajstić information content (AvgIpc) is 2.80. The van der Waals surface area contributed by atoms with Gasteiger partial charge in [0.05, 0.1) is 6.10 Å². The summed E-state index contributed by atoms with van der Waals surface area (Å²) in [6.45, 7) is 5.71. The van der Waals surface area contributed by atoms with Gasteiger partial charge in [0.2, 0.25) is 0 Å². The molecule has 1 aromatic rings. The first-order valence-corrected chi connectivity index (χ1v) is 8.00. The van der Waals surface area contributed by atoms with Crippen molar-refractivity contribution < 1.29 is 4.74 Å². The van der Waals surface area contributed by atoms with E-state index < -0.39 is 0 Å². The molecule has 3 rings (SSSR count). The highest BCUT2D eigenvalue weighted by atomic mass is 32.2. The molecule has 0 aromatic heterocycles. The average molecular weight is 277 g/mol. The van der Waals surface area contributed by atoms with Crippen molar-refractivity contribution in [3.8, 4) is 0 Å². The molecule has 1 aliphatic heterocycles. The third-order valence-electron chi connectivity index (χ3n) is 4.77. The van der Waals surface area contributed by atoms with E-state index in [-0.39, 0.29) is 5.41 Å². The summed E-state index contributed by atoms with van der Waals surface area (Å²) < 4.78 is 5.51. The molecule has 3 heteroatoms. The van der Waals surface area contributed by atoms with Gasteiger partial charge < -0.3 is 10.1 Å². The fourth-order valence-corrected chi connectivity index (χ4v) is 4.53. The zero-order valence-electron chi connectivity index (χ0n) is 12.0. The molecule has 0 saturated heterocycles. The Hall–Kier alpha value is -0.510. The normalized spacial score (nSPS) is 31.8. The highest BCUT2D eigenvalue weighted by Crippen LogP contribution is 2.43. The maximum atomic E-state index is 5.51. The SMILES string of the molecule is COC1CC(NCC2Cc3ccccc3S2)C1(C)C. The van der Waals surface area contributed by atoms with Crippen molar-refractivity contribution in [3.05, 3.63) is 29.8 Å². The predicted molar refractivity (Wildman–Crippen MR) is 80.8 cm³/mol. The summed E-state index contributed by atoms with van der Waals surface area (Å²) in [6, 6.07) is 9.39. The van der Waals surface area contributed by atoms with E-state index in [1.807, 2.05) is 18.9 Å². The first-order valence-electron chi connectivity index (χ1n) is 7.12. The highest BCUT2D eigenvalue weighted by Gasteiger charge is 2.48. The van der Waals surface area contributed by atoms with Crippen molar-refractivity contribution >= 4 is 11.8 Å². The molecule has 0 spiro atoms. The minimum absolute atomic E-state index is 0.269. The van der Waals surface area contributed by atoms with Crippen LogP contribution in [0.3, 0.4) is 0 Å². The van der Waals surface area contributed by atoms with Crippen LogP contribution < -0.4 is 5.32 Å². The van der Waals surface area contributed by atoms with Crippen molar-refractivity contribution in [2.24, 2.45) is 5.41 Å². The molecular weight excluding hydrogens is 254 g/mol. The first-order chi connectivity index (χ1) is 9.11. The van der Waals surface area contributed by atoms with Crippen LogP contribution in [0.5, 0.6) is 0 Å². The van der Waals surface area contributed by atoms with Gasteiger partial charge in [-0.2, -0.15) is 0 Å². The topological polar surface area (TPSA) is 21.3 Å². The second kappa shape index (κ2) is 5.12. The van der Waals surface area contributed by atoms with Gasteiger partial charge in [-0.3, -0.25) is 0 Å². The Bertz CT molecular complexity index is 435. The summed E-state index contributed by atoms with van der Waals surface area (Å²) in [7, 11) is 1.83. The van der Waals surface area contributed by atoms with Crippen LogP contribution in [0.2, 0.25) is 0 Å². The maximum absolute atomic E-state index is 5.51. The number of thioether (sulfide) groups is 1. The van der Waals surface area contributed by atoms with Gasteiger partial charge >= 0.3 is 0 Å². The highest BCUT2D eigenvalue weighted by molar-refractivity contribution is 8.00. The van der Waals surface area contributed by atoms with Crippen LogP contribution in [0.4, 0.5) is 0 Å². The molecule has 0 amide bonds. The van der Waals surface area contributed by atoms with Crippen LogP contribution in [0.15, 0.2) is 29.2 Å². The molecule has 0 bridgehead atoms. The van der Waals surface area contributed by atoms with Gasteiger partial charge in [-0.15, -0.1) is 11.8 Å². The number of fused-ring (bicyclic) bond motifs is 1. The van der Waals surface area contributed by atoms with Crippen LogP contribution in [0.1, 0.15) is 25.8 Å². The van der Waals surface area contributed by atoms with Crippen molar-refractivity contribution in [3.63, 3.8) is 0 Å². The van der Waals surface area contributed by atoms with Gasteiger partial charge in [0.15, 0.2) is 0 Å². The Balaban J connectivity index is 1.51. The van der Waals surface area contributed by atoms with E-state index in [2.05, 4.69) is 43.4 Å². The maximum Gasteiger partial charge on any atom is 0.0652 e. The summed E-state index contributed by atoms with van der Waals surface area (Å²) >= 11 is 2.03. The van der Waals surface area contributed by atoms with Gasteiger partial charge in [-0.1, -0.05) is 32.0 Å². The number of methoxy groups -OCH3 is 1. The second-order valence-corrected chi connectivity index (χ2v) is 7.64. The largest absolute Gasteiger partial charge is 0.381 e. The quantitative estimate of drug-likeness (QED) is 0.914. The Kier molecular flexibility index (Phi) is 3.63. The monoisotopic (exact) mass is 277 g/mol. The number of benzene rings is 1. The number of rotatable bonds is 4. The molecule has 3 unspecified atom stereocenters. The molecule has 0 radical (unpaired) electrons. The zero-order chi connectivity index (χ0) is 13.5. The molecule has 1 aliphatic carbocycles. The van der Waals surface area contributed by atoms with E-state index in [0.29, 0.717) is 17.4 Å². The van der Waals surface area contributed by atoms with Crippen molar-refractivity contribution in [1.29, 1.82) is 0 Å². The Morgan fingerprint density at radius 2 is 2.16 bits per heavy atom. The van der Waals surface area contributed by atoms with Crippen LogP contribution in [-0.2, 0) is 11.2 Å². The standard InChI is InChI=1S/C16H23NOS/c1-16(2)14(9-15(16)18-3)17-10-12-8-11-6-4-5-7-13(11)19-12/h4-7,12,14-15,17H,8-10H2,1-3H3. The summed E-state index contributed by atoms with van der Waals surface area (Å²) in [5, 5.41) is 4.44. The van der Waals surface area contributed by atoms with Gasteiger partial charge in [0.25, 0.3) is 0 Å².